The number of piperazine rings is 1. The quantitative estimate of drug-likeness (QED) is 0.677. The summed E-state index contributed by atoms with van der Waals surface area (Å²) >= 11 is 1.83. The summed E-state index contributed by atoms with van der Waals surface area (Å²) in [7, 11) is 0. The summed E-state index contributed by atoms with van der Waals surface area (Å²) in [5, 5.41) is 5.42. The summed E-state index contributed by atoms with van der Waals surface area (Å²) in [5.74, 6) is 0.167. The molecule has 3 heterocycles. The Morgan fingerprint density at radius 2 is 1.80 bits per heavy atom. The van der Waals surface area contributed by atoms with Crippen LogP contribution in [-0.4, -0.2) is 71.4 Å². The van der Waals surface area contributed by atoms with Crippen molar-refractivity contribution in [2.24, 2.45) is 0 Å². The number of fused-ring (bicyclic) bond motifs is 1. The van der Waals surface area contributed by atoms with Crippen LogP contribution in [0.4, 0.5) is 4.79 Å². The zero-order chi connectivity index (χ0) is 24.4. The molecule has 6 nitrogen and oxygen atoms in total. The molecule has 0 bridgehead atoms. The first kappa shape index (κ1) is 24.3. The summed E-state index contributed by atoms with van der Waals surface area (Å²) in [6.45, 7) is 7.27. The Balaban J connectivity index is 1.22. The number of amides is 3. The van der Waals surface area contributed by atoms with Crippen molar-refractivity contribution in [2.45, 2.75) is 70.5 Å². The minimum Gasteiger partial charge on any atom is -0.338 e. The molecule has 3 amide bonds. The smallest absolute Gasteiger partial charge is 0.317 e. The van der Waals surface area contributed by atoms with E-state index < -0.39 is 0 Å². The molecule has 1 saturated carbocycles. The van der Waals surface area contributed by atoms with Gasteiger partial charge in [-0.15, -0.1) is 11.3 Å². The van der Waals surface area contributed by atoms with Crippen LogP contribution < -0.4 is 5.32 Å². The number of carbonyl (C=O) groups excluding carboxylic acids is 2. The lowest BCUT2D eigenvalue weighted by Crippen LogP contribution is -2.59. The van der Waals surface area contributed by atoms with Gasteiger partial charge in [0.05, 0.1) is 12.6 Å². The first-order chi connectivity index (χ1) is 17.0. The molecule has 3 aliphatic rings. The Morgan fingerprint density at radius 3 is 2.54 bits per heavy atom. The van der Waals surface area contributed by atoms with Gasteiger partial charge >= 0.3 is 6.03 Å². The third-order valence-corrected chi connectivity index (χ3v) is 8.97. The van der Waals surface area contributed by atoms with Crippen molar-refractivity contribution in [3.63, 3.8) is 0 Å². The van der Waals surface area contributed by atoms with Gasteiger partial charge < -0.3 is 15.1 Å². The average molecular weight is 495 g/mol. The van der Waals surface area contributed by atoms with E-state index in [9.17, 15) is 9.59 Å². The van der Waals surface area contributed by atoms with Crippen LogP contribution in [0.15, 0.2) is 35.7 Å². The summed E-state index contributed by atoms with van der Waals surface area (Å²) < 4.78 is 0. The molecule has 35 heavy (non-hydrogen) atoms. The second-order valence-corrected chi connectivity index (χ2v) is 11.5. The standard InChI is InChI=1S/C28H38N4O2S/c1-20-8-10-22(11-9-20)27-24-13-17-35-25(24)12-14-31(27)19-26(33)30-15-16-32(21(2)18-30)28(34)29-23-6-4-3-5-7-23/h8-11,13,17,21,23,27H,3-7,12,14-16,18-19H2,1-2H3,(H,29,34)/t21-,27+/m0/s1. The molecule has 2 aromatic rings. The Morgan fingerprint density at radius 1 is 1.03 bits per heavy atom. The highest BCUT2D eigenvalue weighted by Crippen LogP contribution is 2.37. The second kappa shape index (κ2) is 10.7. The highest BCUT2D eigenvalue weighted by molar-refractivity contribution is 7.10. The first-order valence-corrected chi connectivity index (χ1v) is 14.1. The number of rotatable bonds is 4. The van der Waals surface area contributed by atoms with Gasteiger partial charge in [0, 0.05) is 43.1 Å². The lowest BCUT2D eigenvalue weighted by Gasteiger charge is -2.42. The largest absolute Gasteiger partial charge is 0.338 e. The van der Waals surface area contributed by atoms with Gasteiger partial charge in [-0.1, -0.05) is 49.1 Å². The molecule has 1 N–H and O–H groups in total. The van der Waals surface area contributed by atoms with Crippen molar-refractivity contribution in [1.82, 2.24) is 20.0 Å². The molecule has 2 aliphatic heterocycles. The van der Waals surface area contributed by atoms with E-state index in [1.165, 1.54) is 40.8 Å². The molecule has 1 saturated heterocycles. The summed E-state index contributed by atoms with van der Waals surface area (Å²) in [6.07, 6.45) is 6.85. The molecule has 7 heteroatoms. The minimum absolute atomic E-state index is 0.0222. The Kier molecular flexibility index (Phi) is 7.44. The normalized spacial score (nSPS) is 23.7. The van der Waals surface area contributed by atoms with Gasteiger partial charge in [0.2, 0.25) is 5.91 Å². The molecular weight excluding hydrogens is 456 g/mol. The van der Waals surface area contributed by atoms with Gasteiger partial charge in [-0.05, 0) is 55.7 Å². The second-order valence-electron chi connectivity index (χ2n) is 10.5. The number of hydrogen-bond acceptors (Lipinski definition) is 4. The molecule has 1 aromatic carbocycles. The highest BCUT2D eigenvalue weighted by atomic mass is 32.1. The minimum atomic E-state index is 0.0222. The zero-order valence-corrected chi connectivity index (χ0v) is 21.9. The van der Waals surface area contributed by atoms with Crippen molar-refractivity contribution in [1.29, 1.82) is 0 Å². The number of urea groups is 1. The van der Waals surface area contributed by atoms with E-state index >= 15 is 0 Å². The van der Waals surface area contributed by atoms with E-state index in [-0.39, 0.29) is 24.0 Å². The maximum atomic E-state index is 13.5. The molecule has 2 fully saturated rings. The van der Waals surface area contributed by atoms with Crippen LogP contribution in [0.2, 0.25) is 0 Å². The van der Waals surface area contributed by atoms with Crippen LogP contribution in [0.25, 0.3) is 0 Å². The average Bonchev–Trinajstić information content (AvgIpc) is 3.34. The van der Waals surface area contributed by atoms with Crippen LogP contribution in [-0.2, 0) is 11.2 Å². The van der Waals surface area contributed by atoms with Crippen LogP contribution in [0, 0.1) is 6.92 Å². The first-order valence-electron chi connectivity index (χ1n) is 13.2. The topological polar surface area (TPSA) is 55.9 Å². The van der Waals surface area contributed by atoms with Crippen LogP contribution in [0.1, 0.15) is 66.6 Å². The molecule has 188 valence electrons. The van der Waals surface area contributed by atoms with Gasteiger partial charge in [-0.2, -0.15) is 0 Å². The number of thiophene rings is 1. The summed E-state index contributed by atoms with van der Waals surface area (Å²) in [4.78, 5) is 34.0. The number of nitrogens with zero attached hydrogens (tertiary/aromatic N) is 3. The summed E-state index contributed by atoms with van der Waals surface area (Å²) in [5.41, 5.74) is 3.84. The number of nitrogens with one attached hydrogen (secondary N) is 1. The van der Waals surface area contributed by atoms with Crippen molar-refractivity contribution in [2.75, 3.05) is 32.7 Å². The lowest BCUT2D eigenvalue weighted by molar-refractivity contribution is -0.135. The fourth-order valence-corrected chi connectivity index (χ4v) is 6.85. The van der Waals surface area contributed by atoms with Crippen molar-refractivity contribution in [3.05, 3.63) is 57.3 Å². The third kappa shape index (κ3) is 5.41. The van der Waals surface area contributed by atoms with E-state index in [1.807, 2.05) is 21.1 Å². The number of benzene rings is 1. The summed E-state index contributed by atoms with van der Waals surface area (Å²) in [6, 6.07) is 11.5. The molecular formula is C28H38N4O2S. The molecule has 1 aliphatic carbocycles. The molecule has 0 radical (unpaired) electrons. The maximum absolute atomic E-state index is 13.5. The van der Waals surface area contributed by atoms with Gasteiger partial charge in [-0.25, -0.2) is 4.79 Å². The Bertz CT molecular complexity index is 1030. The zero-order valence-electron chi connectivity index (χ0n) is 21.0. The van der Waals surface area contributed by atoms with Crippen molar-refractivity contribution in [3.8, 4) is 0 Å². The molecule has 0 unspecified atom stereocenters. The van der Waals surface area contributed by atoms with E-state index in [2.05, 4.69) is 59.8 Å². The SMILES string of the molecule is Cc1ccc([C@@H]2c3ccsc3CCN2CC(=O)N2CCN(C(=O)NC3CCCCC3)[C@@H](C)C2)cc1. The van der Waals surface area contributed by atoms with Crippen molar-refractivity contribution >= 4 is 23.3 Å². The number of aryl methyl sites for hydroxylation is 1. The van der Waals surface area contributed by atoms with E-state index in [0.29, 0.717) is 32.2 Å². The number of carbonyl (C=O) groups is 2. The van der Waals surface area contributed by atoms with Gasteiger partial charge in [0.1, 0.15) is 0 Å². The van der Waals surface area contributed by atoms with Crippen molar-refractivity contribution < 1.29 is 9.59 Å². The van der Waals surface area contributed by atoms with Gasteiger partial charge in [0.25, 0.3) is 0 Å². The highest BCUT2D eigenvalue weighted by Gasteiger charge is 2.35. The van der Waals surface area contributed by atoms with E-state index in [4.69, 9.17) is 0 Å². The third-order valence-electron chi connectivity index (χ3n) is 7.97. The van der Waals surface area contributed by atoms with Gasteiger partial charge in [0.15, 0.2) is 0 Å². The van der Waals surface area contributed by atoms with Crippen LogP contribution >= 0.6 is 11.3 Å². The van der Waals surface area contributed by atoms with Crippen LogP contribution in [0.3, 0.4) is 0 Å². The fourth-order valence-electron chi connectivity index (χ4n) is 5.94. The fraction of sp³-hybridized carbons (Fsp3) is 0.571. The van der Waals surface area contributed by atoms with E-state index in [0.717, 1.165) is 25.8 Å². The number of hydrogen-bond donors (Lipinski definition) is 1. The molecule has 2 atom stereocenters. The van der Waals surface area contributed by atoms with Crippen LogP contribution in [0.5, 0.6) is 0 Å². The maximum Gasteiger partial charge on any atom is 0.317 e. The predicted octanol–water partition coefficient (Wildman–Crippen LogP) is 4.58. The predicted molar refractivity (Wildman–Crippen MR) is 141 cm³/mol. The Labute approximate surface area is 213 Å². The molecule has 1 aromatic heterocycles. The monoisotopic (exact) mass is 494 g/mol. The molecule has 5 rings (SSSR count). The van der Waals surface area contributed by atoms with E-state index in [1.54, 1.807) is 0 Å². The lowest BCUT2D eigenvalue weighted by atomic mass is 9.92. The molecule has 0 spiro atoms. The van der Waals surface area contributed by atoms with Gasteiger partial charge in [-0.3, -0.25) is 9.69 Å². The Hall–Kier alpha value is -2.38.